The van der Waals surface area contributed by atoms with Crippen molar-refractivity contribution in [2.75, 3.05) is 26.3 Å². The van der Waals surface area contributed by atoms with Gasteiger partial charge in [-0.2, -0.15) is 0 Å². The molecule has 1 aliphatic heterocycles. The van der Waals surface area contributed by atoms with Crippen LogP contribution in [-0.2, 0) is 20.9 Å². The zero-order valence-electron chi connectivity index (χ0n) is 19.6. The summed E-state index contributed by atoms with van der Waals surface area (Å²) in [5, 5.41) is 21.9. The van der Waals surface area contributed by atoms with Gasteiger partial charge in [0.15, 0.2) is 0 Å². The number of allylic oxidation sites excluding steroid dienone is 2. The second-order valence-corrected chi connectivity index (χ2v) is 10.1. The zero-order valence-corrected chi connectivity index (χ0v) is 20.4. The van der Waals surface area contributed by atoms with Crippen molar-refractivity contribution in [3.63, 3.8) is 0 Å². The third-order valence-corrected chi connectivity index (χ3v) is 7.75. The van der Waals surface area contributed by atoms with Crippen LogP contribution >= 0.6 is 11.3 Å². The van der Waals surface area contributed by atoms with Crippen LogP contribution in [-0.4, -0.2) is 65.6 Å². The minimum absolute atomic E-state index is 0.00719. The van der Waals surface area contributed by atoms with Gasteiger partial charge < -0.3 is 19.7 Å². The lowest BCUT2D eigenvalue weighted by Crippen LogP contribution is -2.50. The van der Waals surface area contributed by atoms with Crippen LogP contribution in [0.25, 0.3) is 10.4 Å². The van der Waals surface area contributed by atoms with E-state index >= 15 is 0 Å². The SMILES string of the molecule is O=C(O)CCC=CCC[C@@H]1[C@@H](N2CCOCC2)[C@H](O)C[C@@H]1OCc1ccc(-c2cccs2)cc1. The maximum atomic E-state index is 11.0. The summed E-state index contributed by atoms with van der Waals surface area (Å²) in [5.41, 5.74) is 2.35. The molecule has 2 heterocycles. The number of carbonyl (C=O) groups is 1. The Kier molecular flexibility index (Phi) is 9.30. The first-order chi connectivity index (χ1) is 16.6. The largest absolute Gasteiger partial charge is 0.481 e. The van der Waals surface area contributed by atoms with Gasteiger partial charge in [0.05, 0.1) is 32.0 Å². The number of hydrogen-bond acceptors (Lipinski definition) is 6. The molecule has 2 aromatic rings. The molecule has 6 nitrogen and oxygen atoms in total. The van der Waals surface area contributed by atoms with Gasteiger partial charge in [-0.1, -0.05) is 42.5 Å². The zero-order chi connectivity index (χ0) is 23.8. The second-order valence-electron chi connectivity index (χ2n) is 9.11. The number of aliphatic hydroxyl groups excluding tert-OH is 1. The van der Waals surface area contributed by atoms with E-state index in [2.05, 4.69) is 52.8 Å². The molecule has 2 N–H and O–H groups in total. The highest BCUT2D eigenvalue weighted by atomic mass is 32.1. The molecule has 34 heavy (non-hydrogen) atoms. The number of aliphatic hydroxyl groups is 1. The topological polar surface area (TPSA) is 79.2 Å². The van der Waals surface area contributed by atoms with Crippen molar-refractivity contribution in [1.82, 2.24) is 4.90 Å². The highest BCUT2D eigenvalue weighted by molar-refractivity contribution is 7.13. The number of benzene rings is 1. The number of ether oxygens (including phenoxy) is 2. The number of morpholine rings is 1. The number of thiophene rings is 1. The van der Waals surface area contributed by atoms with Crippen molar-refractivity contribution in [3.8, 4) is 10.4 Å². The Bertz CT molecular complexity index is 908. The summed E-state index contributed by atoms with van der Waals surface area (Å²) >= 11 is 1.74. The molecule has 0 amide bonds. The number of carboxylic acids is 1. The fourth-order valence-corrected chi connectivity index (χ4v) is 5.87. The van der Waals surface area contributed by atoms with Crippen LogP contribution in [0.15, 0.2) is 53.9 Å². The second kappa shape index (κ2) is 12.6. The maximum absolute atomic E-state index is 11.0. The first-order valence-corrected chi connectivity index (χ1v) is 13.1. The summed E-state index contributed by atoms with van der Waals surface area (Å²) in [7, 11) is 0. The van der Waals surface area contributed by atoms with Gasteiger partial charge in [0.1, 0.15) is 0 Å². The van der Waals surface area contributed by atoms with Gasteiger partial charge in [0, 0.05) is 42.8 Å². The molecule has 0 bridgehead atoms. The molecular formula is C27H35NO5S. The first kappa shape index (κ1) is 25.1. The average molecular weight is 486 g/mol. The summed E-state index contributed by atoms with van der Waals surface area (Å²) in [6, 6.07) is 12.8. The van der Waals surface area contributed by atoms with Gasteiger partial charge in [-0.15, -0.1) is 11.3 Å². The summed E-state index contributed by atoms with van der Waals surface area (Å²) < 4.78 is 11.9. The molecule has 2 aliphatic rings. The molecule has 4 atom stereocenters. The summed E-state index contributed by atoms with van der Waals surface area (Å²) in [5.74, 6) is -0.546. The maximum Gasteiger partial charge on any atom is 0.303 e. The standard InChI is InChI=1S/C27H35NO5S/c29-23-18-24(33-19-20-9-11-21(12-10-20)25-7-5-17-34-25)22(6-3-1-2-4-8-26(30)31)27(23)28-13-15-32-16-14-28/h1-2,5,7,9-12,17,22-24,27,29H,3-4,6,8,13-16,18-19H2,(H,30,31)/t22-,23+,24-,27+/m0/s1. The number of rotatable bonds is 11. The van der Waals surface area contributed by atoms with Gasteiger partial charge in [0.2, 0.25) is 0 Å². The van der Waals surface area contributed by atoms with Crippen LogP contribution in [0.2, 0.25) is 0 Å². The van der Waals surface area contributed by atoms with Gasteiger partial charge in [-0.05, 0) is 41.8 Å². The van der Waals surface area contributed by atoms with Gasteiger partial charge in [-0.3, -0.25) is 9.69 Å². The molecule has 2 fully saturated rings. The fraction of sp³-hybridized carbons (Fsp3) is 0.519. The number of nitrogens with zero attached hydrogens (tertiary/aromatic N) is 1. The molecular weight excluding hydrogens is 450 g/mol. The van der Waals surface area contributed by atoms with E-state index in [1.165, 1.54) is 10.4 Å². The van der Waals surface area contributed by atoms with Crippen molar-refractivity contribution >= 4 is 17.3 Å². The number of hydrogen-bond donors (Lipinski definition) is 2. The lowest BCUT2D eigenvalue weighted by molar-refractivity contribution is -0.136. The Balaban J connectivity index is 1.37. The van der Waals surface area contributed by atoms with E-state index in [0.717, 1.165) is 31.5 Å². The monoisotopic (exact) mass is 485 g/mol. The predicted octanol–water partition coefficient (Wildman–Crippen LogP) is 4.58. The minimum Gasteiger partial charge on any atom is -0.481 e. The van der Waals surface area contributed by atoms with Crippen LogP contribution in [0.4, 0.5) is 0 Å². The van der Waals surface area contributed by atoms with E-state index in [4.69, 9.17) is 14.6 Å². The van der Waals surface area contributed by atoms with Crippen molar-refractivity contribution in [2.24, 2.45) is 5.92 Å². The average Bonchev–Trinajstić information content (AvgIpc) is 3.49. The lowest BCUT2D eigenvalue weighted by Gasteiger charge is -2.38. The lowest BCUT2D eigenvalue weighted by atomic mass is 9.93. The summed E-state index contributed by atoms with van der Waals surface area (Å²) in [6.07, 6.45) is 6.72. The molecule has 184 valence electrons. The third-order valence-electron chi connectivity index (χ3n) is 6.83. The van der Waals surface area contributed by atoms with Crippen LogP contribution in [0.5, 0.6) is 0 Å². The predicted molar refractivity (Wildman–Crippen MR) is 134 cm³/mol. The van der Waals surface area contributed by atoms with Gasteiger partial charge >= 0.3 is 5.97 Å². The normalized spacial score (nSPS) is 25.8. The van der Waals surface area contributed by atoms with E-state index in [0.29, 0.717) is 32.7 Å². The van der Waals surface area contributed by atoms with Crippen LogP contribution < -0.4 is 0 Å². The highest BCUT2D eigenvalue weighted by Crippen LogP contribution is 2.37. The van der Waals surface area contributed by atoms with Crippen molar-refractivity contribution in [2.45, 2.75) is 57.0 Å². The molecule has 1 saturated heterocycles. The molecule has 1 aromatic carbocycles. The molecule has 1 saturated carbocycles. The Morgan fingerprint density at radius 2 is 1.91 bits per heavy atom. The molecule has 7 heteroatoms. The Labute approximate surface area is 205 Å². The van der Waals surface area contributed by atoms with Crippen molar-refractivity contribution < 1.29 is 24.5 Å². The van der Waals surface area contributed by atoms with Crippen LogP contribution in [0, 0.1) is 5.92 Å². The summed E-state index contributed by atoms with van der Waals surface area (Å²) in [4.78, 5) is 14.3. The highest BCUT2D eigenvalue weighted by Gasteiger charge is 2.45. The molecule has 0 spiro atoms. The molecule has 4 rings (SSSR count). The van der Waals surface area contributed by atoms with E-state index in [-0.39, 0.29) is 24.5 Å². The third kappa shape index (κ3) is 6.77. The van der Waals surface area contributed by atoms with E-state index < -0.39 is 12.1 Å². The van der Waals surface area contributed by atoms with Crippen LogP contribution in [0.3, 0.4) is 0 Å². The van der Waals surface area contributed by atoms with E-state index in [1.807, 2.05) is 6.08 Å². The van der Waals surface area contributed by atoms with Crippen molar-refractivity contribution in [3.05, 3.63) is 59.5 Å². The van der Waals surface area contributed by atoms with E-state index in [1.54, 1.807) is 11.3 Å². The van der Waals surface area contributed by atoms with E-state index in [9.17, 15) is 9.90 Å². The molecule has 1 aromatic heterocycles. The quantitative estimate of drug-likeness (QED) is 0.454. The van der Waals surface area contributed by atoms with Gasteiger partial charge in [0.25, 0.3) is 0 Å². The summed E-state index contributed by atoms with van der Waals surface area (Å²) in [6.45, 7) is 3.61. The molecule has 0 radical (unpaired) electrons. The minimum atomic E-state index is -0.771. The Morgan fingerprint density at radius 1 is 1.15 bits per heavy atom. The smallest absolute Gasteiger partial charge is 0.303 e. The van der Waals surface area contributed by atoms with Gasteiger partial charge in [-0.25, -0.2) is 0 Å². The Hall–Kier alpha value is -2.03. The van der Waals surface area contributed by atoms with Crippen LogP contribution in [0.1, 0.15) is 37.7 Å². The Morgan fingerprint density at radius 3 is 2.62 bits per heavy atom. The number of aliphatic carboxylic acids is 1. The fourth-order valence-electron chi connectivity index (χ4n) is 5.14. The van der Waals surface area contributed by atoms with Crippen molar-refractivity contribution in [1.29, 1.82) is 0 Å². The molecule has 1 aliphatic carbocycles. The first-order valence-electron chi connectivity index (χ1n) is 12.2. The number of carboxylic acid groups (broad SMARTS) is 1. The molecule has 0 unspecified atom stereocenters.